The third-order valence-corrected chi connectivity index (χ3v) is 6.70. The van der Waals surface area contributed by atoms with Crippen molar-refractivity contribution in [3.8, 4) is 0 Å². The predicted molar refractivity (Wildman–Crippen MR) is 118 cm³/mol. The van der Waals surface area contributed by atoms with Crippen molar-refractivity contribution >= 4 is 24.6 Å². The van der Waals surface area contributed by atoms with Gasteiger partial charge in [-0.05, 0) is 0 Å². The largest absolute Gasteiger partial charge is 0.341 e. The van der Waals surface area contributed by atoms with Gasteiger partial charge in [0.1, 0.15) is 24.6 Å². The highest BCUT2D eigenvalue weighted by atomic mass is 31.1. The van der Waals surface area contributed by atoms with E-state index in [2.05, 4.69) is 77.3 Å². The van der Waals surface area contributed by atoms with Crippen LogP contribution in [0.15, 0.2) is 18.6 Å². The van der Waals surface area contributed by atoms with E-state index >= 15 is 0 Å². The molecular weight excluding hydrogens is 367 g/mol. The molecule has 6 nitrogen and oxygen atoms in total. The predicted octanol–water partition coefficient (Wildman–Crippen LogP) is 3.51. The average Bonchev–Trinajstić information content (AvgIpc) is 3.26. The van der Waals surface area contributed by atoms with E-state index in [0.29, 0.717) is 0 Å². The van der Waals surface area contributed by atoms with Crippen LogP contribution in [-0.4, -0.2) is 29.9 Å². The summed E-state index contributed by atoms with van der Waals surface area (Å²) in [5.74, 6) is 0. The van der Waals surface area contributed by atoms with Crippen molar-refractivity contribution in [1.29, 1.82) is 0 Å². The number of rotatable bonds is 3. The summed E-state index contributed by atoms with van der Waals surface area (Å²) in [5, 5.41) is 0. The Morgan fingerprint density at radius 2 is 0.786 bits per heavy atom. The molecule has 0 amide bonds. The van der Waals surface area contributed by atoms with Crippen LogP contribution in [0.2, 0.25) is 0 Å². The zero-order valence-electron chi connectivity index (χ0n) is 18.5. The molecule has 7 heteroatoms. The van der Waals surface area contributed by atoms with Crippen molar-refractivity contribution in [2.75, 3.05) is 0 Å². The maximum Gasteiger partial charge on any atom is 0.144 e. The third kappa shape index (κ3) is 4.22. The summed E-state index contributed by atoms with van der Waals surface area (Å²) < 4.78 is 0. The summed E-state index contributed by atoms with van der Waals surface area (Å²) in [4.78, 5) is 24.8. The Bertz CT molecular complexity index is 818. The van der Waals surface area contributed by atoms with Gasteiger partial charge in [-0.15, -0.1) is 0 Å². The smallest absolute Gasteiger partial charge is 0.144 e. The summed E-state index contributed by atoms with van der Waals surface area (Å²) in [5.41, 5.74) is 6.07. The van der Waals surface area contributed by atoms with Crippen LogP contribution in [0.3, 0.4) is 0 Å². The number of nitrogens with one attached hydrogen (secondary N) is 3. The van der Waals surface area contributed by atoms with Crippen molar-refractivity contribution in [1.82, 2.24) is 29.9 Å². The van der Waals surface area contributed by atoms with Crippen LogP contribution >= 0.6 is 7.92 Å². The Kier molecular flexibility index (Phi) is 5.08. The second-order valence-corrected chi connectivity index (χ2v) is 12.4. The van der Waals surface area contributed by atoms with E-state index in [-0.39, 0.29) is 16.2 Å². The zero-order chi connectivity index (χ0) is 20.9. The maximum absolute atomic E-state index is 4.73. The van der Waals surface area contributed by atoms with E-state index in [1.807, 2.05) is 18.6 Å². The normalized spacial score (nSPS) is 13.5. The molecule has 0 aliphatic carbocycles. The van der Waals surface area contributed by atoms with Crippen molar-refractivity contribution in [2.24, 2.45) is 0 Å². The van der Waals surface area contributed by atoms with Gasteiger partial charge >= 0.3 is 0 Å². The Morgan fingerprint density at radius 3 is 0.964 bits per heavy atom. The van der Waals surface area contributed by atoms with E-state index in [9.17, 15) is 0 Å². The van der Waals surface area contributed by atoms with E-state index in [0.717, 1.165) is 33.8 Å². The first-order valence-electron chi connectivity index (χ1n) is 9.73. The van der Waals surface area contributed by atoms with Crippen molar-refractivity contribution in [2.45, 2.75) is 78.6 Å². The molecule has 0 atom stereocenters. The van der Waals surface area contributed by atoms with Gasteiger partial charge < -0.3 is 15.0 Å². The van der Waals surface area contributed by atoms with Gasteiger partial charge in [-0.1, -0.05) is 62.3 Å². The molecule has 3 N–H and O–H groups in total. The maximum atomic E-state index is 4.73. The molecule has 28 heavy (non-hydrogen) atoms. The topological polar surface area (TPSA) is 86.0 Å². The molecule has 0 saturated heterocycles. The standard InChI is InChI=1S/C21H33N6P/c1-19(2,3)13-10-22-16(25-13)28(17-23-11-14(26-17)20(4,5)6)18-24-12-15(27-18)21(7,8)9/h10-12H,1-9H3,(H,22,25)(H,23,26)(H,24,27). The first kappa shape index (κ1) is 20.8. The van der Waals surface area contributed by atoms with E-state index in [1.165, 1.54) is 0 Å². The lowest BCUT2D eigenvalue weighted by Gasteiger charge is -2.18. The first-order valence-corrected chi connectivity index (χ1v) is 11.1. The fourth-order valence-electron chi connectivity index (χ4n) is 2.72. The molecule has 0 spiro atoms. The summed E-state index contributed by atoms with van der Waals surface area (Å²) in [6.07, 6.45) is 5.81. The van der Waals surface area contributed by atoms with E-state index in [1.54, 1.807) is 0 Å². The van der Waals surface area contributed by atoms with Gasteiger partial charge in [0.2, 0.25) is 0 Å². The molecule has 3 heterocycles. The van der Waals surface area contributed by atoms with Gasteiger partial charge in [-0.2, -0.15) is 0 Å². The van der Waals surface area contributed by atoms with E-state index in [4.69, 9.17) is 15.0 Å². The zero-order valence-corrected chi connectivity index (χ0v) is 19.4. The molecule has 0 bridgehead atoms. The van der Waals surface area contributed by atoms with E-state index < -0.39 is 7.92 Å². The highest BCUT2D eigenvalue weighted by Crippen LogP contribution is 2.32. The average molecular weight is 401 g/mol. The number of aromatic amines is 3. The number of hydrogen-bond donors (Lipinski definition) is 3. The Morgan fingerprint density at radius 1 is 0.536 bits per heavy atom. The quantitative estimate of drug-likeness (QED) is 0.588. The van der Waals surface area contributed by atoms with Crippen molar-refractivity contribution in [3.63, 3.8) is 0 Å². The molecule has 3 rings (SSSR count). The van der Waals surface area contributed by atoms with Crippen molar-refractivity contribution in [3.05, 3.63) is 35.7 Å². The molecule has 152 valence electrons. The number of hydrogen-bond acceptors (Lipinski definition) is 3. The SMILES string of the molecule is CC(C)(C)c1cnc(P(c2ncc(C(C)(C)C)[nH]2)c2ncc(C(C)(C)C)[nH]2)[nH]1. The van der Waals surface area contributed by atoms with Crippen LogP contribution in [0.25, 0.3) is 0 Å². The molecule has 0 unspecified atom stereocenters. The number of H-pyrrole nitrogens is 3. The van der Waals surface area contributed by atoms with Gasteiger partial charge in [0.25, 0.3) is 0 Å². The molecule has 3 aromatic rings. The second-order valence-electron chi connectivity index (χ2n) is 10.4. The lowest BCUT2D eigenvalue weighted by Crippen LogP contribution is -2.29. The molecule has 0 aliphatic rings. The Hall–Kier alpha value is -1.94. The van der Waals surface area contributed by atoms with Gasteiger partial charge in [0.05, 0.1) is 0 Å². The lowest BCUT2D eigenvalue weighted by atomic mass is 9.93. The number of imidazole rings is 3. The molecular formula is C21H33N6P. The second kappa shape index (κ2) is 6.84. The van der Waals surface area contributed by atoms with Crippen LogP contribution in [0.1, 0.15) is 79.4 Å². The minimum absolute atomic E-state index is 0.00568. The lowest BCUT2D eigenvalue weighted by molar-refractivity contribution is 0.573. The summed E-state index contributed by atoms with van der Waals surface area (Å²) in [6, 6.07) is 0. The number of nitrogens with zero attached hydrogens (tertiary/aromatic N) is 3. The summed E-state index contributed by atoms with van der Waals surface area (Å²) in [6.45, 7) is 19.6. The number of aromatic nitrogens is 6. The highest BCUT2D eigenvalue weighted by molar-refractivity contribution is 7.78. The minimum atomic E-state index is -1.02. The fourth-order valence-corrected chi connectivity index (χ4v) is 4.54. The summed E-state index contributed by atoms with van der Waals surface area (Å²) in [7, 11) is -1.02. The monoisotopic (exact) mass is 400 g/mol. The third-order valence-electron chi connectivity index (χ3n) is 4.75. The minimum Gasteiger partial charge on any atom is -0.341 e. The van der Waals surface area contributed by atoms with Crippen molar-refractivity contribution < 1.29 is 0 Å². The van der Waals surface area contributed by atoms with Crippen LogP contribution in [-0.2, 0) is 16.2 Å². The van der Waals surface area contributed by atoms with Gasteiger partial charge in [0, 0.05) is 51.9 Å². The molecule has 3 aromatic heterocycles. The molecule has 0 saturated carbocycles. The molecule has 0 radical (unpaired) electrons. The van der Waals surface area contributed by atoms with Crippen LogP contribution in [0, 0.1) is 0 Å². The summed E-state index contributed by atoms with van der Waals surface area (Å²) >= 11 is 0. The van der Waals surface area contributed by atoms with Crippen LogP contribution < -0.4 is 16.7 Å². The Balaban J connectivity index is 2.10. The Labute approximate surface area is 169 Å². The molecule has 0 aliphatic heterocycles. The molecule has 0 fully saturated rings. The highest BCUT2D eigenvalue weighted by Gasteiger charge is 2.30. The fraction of sp³-hybridized carbons (Fsp3) is 0.571. The first-order chi connectivity index (χ1) is 12.8. The molecule has 0 aromatic carbocycles. The van der Waals surface area contributed by atoms with Crippen LogP contribution in [0.4, 0.5) is 0 Å². The van der Waals surface area contributed by atoms with Gasteiger partial charge in [-0.3, -0.25) is 0 Å². The van der Waals surface area contributed by atoms with Gasteiger partial charge in [0.15, 0.2) is 0 Å². The van der Waals surface area contributed by atoms with Crippen LogP contribution in [0.5, 0.6) is 0 Å². The van der Waals surface area contributed by atoms with Gasteiger partial charge in [-0.25, -0.2) is 15.0 Å².